The van der Waals surface area contributed by atoms with Crippen LogP contribution in [0.1, 0.15) is 37.3 Å². The largest absolute Gasteiger partial charge is 0.497 e. The van der Waals surface area contributed by atoms with Crippen LogP contribution in [0.15, 0.2) is 24.3 Å². The van der Waals surface area contributed by atoms with Crippen molar-refractivity contribution >= 4 is 22.6 Å². The number of ether oxygens (including phenoxy) is 4. The summed E-state index contributed by atoms with van der Waals surface area (Å²) in [5.74, 6) is 3.15. The number of aromatic nitrogens is 2. The number of amides is 1. The first-order valence-electron chi connectivity index (χ1n) is 12.8. The number of nitrogens with one attached hydrogen (secondary N) is 1. The van der Waals surface area contributed by atoms with E-state index in [1.807, 2.05) is 38.1 Å². The van der Waals surface area contributed by atoms with Gasteiger partial charge in [-0.05, 0) is 56.9 Å². The SMILES string of the molecule is COc1cc(OC)c2c(N3CCOC[C@@H]3C)nc(-c3cc(C)c(OCCCCC(=O)NO)c(C)c3)nc2c1. The summed E-state index contributed by atoms with van der Waals surface area (Å²) in [5.41, 5.74) is 5.22. The van der Waals surface area contributed by atoms with Gasteiger partial charge in [-0.2, -0.15) is 0 Å². The molecule has 1 amide bonds. The number of hydrogen-bond donors (Lipinski definition) is 2. The molecule has 0 radical (unpaired) electrons. The van der Waals surface area contributed by atoms with Gasteiger partial charge < -0.3 is 23.8 Å². The first-order chi connectivity index (χ1) is 18.4. The highest BCUT2D eigenvalue weighted by atomic mass is 16.5. The van der Waals surface area contributed by atoms with E-state index in [0.717, 1.165) is 39.2 Å². The van der Waals surface area contributed by atoms with Crippen molar-refractivity contribution in [3.8, 4) is 28.6 Å². The smallest absolute Gasteiger partial charge is 0.243 e. The highest BCUT2D eigenvalue weighted by Gasteiger charge is 2.26. The average molecular weight is 525 g/mol. The highest BCUT2D eigenvalue weighted by molar-refractivity contribution is 5.97. The number of unbranched alkanes of at least 4 members (excludes halogenated alkanes) is 1. The molecule has 4 rings (SSSR count). The van der Waals surface area contributed by atoms with Crippen LogP contribution < -0.4 is 24.6 Å². The summed E-state index contributed by atoms with van der Waals surface area (Å²) in [6.07, 6.45) is 1.59. The Morgan fingerprint density at radius 2 is 1.89 bits per heavy atom. The average Bonchev–Trinajstić information content (AvgIpc) is 2.92. The molecule has 0 unspecified atom stereocenters. The number of fused-ring (bicyclic) bond motifs is 1. The van der Waals surface area contributed by atoms with Gasteiger partial charge in [0.1, 0.15) is 23.1 Å². The van der Waals surface area contributed by atoms with Crippen LogP contribution in [-0.2, 0) is 9.53 Å². The molecule has 2 aromatic carbocycles. The zero-order valence-electron chi connectivity index (χ0n) is 22.7. The number of benzene rings is 2. The minimum absolute atomic E-state index is 0.143. The fraction of sp³-hybridized carbons (Fsp3) is 0.464. The van der Waals surface area contributed by atoms with Gasteiger partial charge in [0, 0.05) is 30.7 Å². The molecule has 0 aliphatic carbocycles. The lowest BCUT2D eigenvalue weighted by Crippen LogP contribution is -2.44. The van der Waals surface area contributed by atoms with Gasteiger partial charge in [-0.3, -0.25) is 10.0 Å². The van der Waals surface area contributed by atoms with Gasteiger partial charge in [0.2, 0.25) is 5.91 Å². The molecule has 38 heavy (non-hydrogen) atoms. The zero-order valence-corrected chi connectivity index (χ0v) is 22.7. The zero-order chi connectivity index (χ0) is 27.2. The molecule has 1 aliphatic heterocycles. The Bertz CT molecular complexity index is 1280. The minimum atomic E-state index is -0.391. The lowest BCUT2D eigenvalue weighted by atomic mass is 10.0. The molecule has 3 aromatic rings. The van der Waals surface area contributed by atoms with Gasteiger partial charge in [0.25, 0.3) is 0 Å². The van der Waals surface area contributed by atoms with E-state index < -0.39 is 5.91 Å². The molecule has 0 bridgehead atoms. The second-order valence-corrected chi connectivity index (χ2v) is 9.49. The Kier molecular flexibility index (Phi) is 8.85. The number of methoxy groups -OCH3 is 2. The third kappa shape index (κ3) is 5.92. The van der Waals surface area contributed by atoms with Crippen LogP contribution in [-0.4, -0.2) is 67.7 Å². The molecule has 10 heteroatoms. The molecule has 1 atom stereocenters. The summed E-state index contributed by atoms with van der Waals surface area (Å²) in [5, 5.41) is 9.46. The maximum atomic E-state index is 11.2. The van der Waals surface area contributed by atoms with Crippen molar-refractivity contribution in [2.45, 2.75) is 46.1 Å². The van der Waals surface area contributed by atoms with Gasteiger partial charge in [0.05, 0.1) is 51.0 Å². The second-order valence-electron chi connectivity index (χ2n) is 9.49. The first-order valence-corrected chi connectivity index (χ1v) is 12.8. The van der Waals surface area contributed by atoms with E-state index in [1.54, 1.807) is 19.7 Å². The monoisotopic (exact) mass is 524 g/mol. The summed E-state index contributed by atoms with van der Waals surface area (Å²) in [6, 6.07) is 7.98. The molecule has 0 saturated carbocycles. The maximum Gasteiger partial charge on any atom is 0.243 e. The number of aryl methyl sites for hydroxylation is 2. The highest BCUT2D eigenvalue weighted by Crippen LogP contribution is 2.39. The van der Waals surface area contributed by atoms with Crippen LogP contribution in [0.2, 0.25) is 0 Å². The lowest BCUT2D eigenvalue weighted by Gasteiger charge is -2.35. The van der Waals surface area contributed by atoms with E-state index in [9.17, 15) is 4.79 Å². The summed E-state index contributed by atoms with van der Waals surface area (Å²) < 4.78 is 23.0. The quantitative estimate of drug-likeness (QED) is 0.229. The van der Waals surface area contributed by atoms with Crippen molar-refractivity contribution in [2.75, 3.05) is 45.5 Å². The van der Waals surface area contributed by atoms with Crippen molar-refractivity contribution in [3.63, 3.8) is 0 Å². The maximum absolute atomic E-state index is 11.2. The number of rotatable bonds is 10. The van der Waals surface area contributed by atoms with Crippen molar-refractivity contribution in [1.82, 2.24) is 15.4 Å². The van der Waals surface area contributed by atoms with Crippen molar-refractivity contribution in [1.29, 1.82) is 0 Å². The van der Waals surface area contributed by atoms with E-state index in [1.165, 1.54) is 0 Å². The molecule has 0 spiro atoms. The Hall–Kier alpha value is -3.63. The Morgan fingerprint density at radius 1 is 1.13 bits per heavy atom. The molecule has 2 N–H and O–H groups in total. The number of carbonyl (C=O) groups is 1. The molecular formula is C28H36N4O6. The van der Waals surface area contributed by atoms with Gasteiger partial charge in [0.15, 0.2) is 5.82 Å². The number of hydroxylamine groups is 1. The number of hydrogen-bond acceptors (Lipinski definition) is 9. The van der Waals surface area contributed by atoms with Gasteiger partial charge in [-0.1, -0.05) is 0 Å². The van der Waals surface area contributed by atoms with Gasteiger partial charge in [-0.25, -0.2) is 15.4 Å². The predicted molar refractivity (Wildman–Crippen MR) is 144 cm³/mol. The van der Waals surface area contributed by atoms with E-state index in [4.69, 9.17) is 34.1 Å². The van der Waals surface area contributed by atoms with Crippen molar-refractivity contribution in [2.24, 2.45) is 0 Å². The topological polar surface area (TPSA) is 115 Å². The van der Waals surface area contributed by atoms with Gasteiger partial charge in [-0.15, -0.1) is 0 Å². The van der Waals surface area contributed by atoms with Crippen LogP contribution in [0.25, 0.3) is 22.3 Å². The molecule has 1 aromatic heterocycles. The number of morpholine rings is 1. The van der Waals surface area contributed by atoms with E-state index in [0.29, 0.717) is 56.5 Å². The predicted octanol–water partition coefficient (Wildman–Crippen LogP) is 4.21. The fourth-order valence-electron chi connectivity index (χ4n) is 4.77. The first kappa shape index (κ1) is 27.4. The third-order valence-corrected chi connectivity index (χ3v) is 6.70. The molecular weight excluding hydrogens is 488 g/mol. The molecule has 1 fully saturated rings. The van der Waals surface area contributed by atoms with E-state index >= 15 is 0 Å². The van der Waals surface area contributed by atoms with E-state index in [2.05, 4.69) is 11.8 Å². The van der Waals surface area contributed by atoms with Crippen LogP contribution in [0, 0.1) is 13.8 Å². The third-order valence-electron chi connectivity index (χ3n) is 6.70. The lowest BCUT2D eigenvalue weighted by molar-refractivity contribution is -0.129. The summed E-state index contributed by atoms with van der Waals surface area (Å²) in [7, 11) is 3.27. The standard InChI is InChI=1S/C28H36N4O6/c1-17-12-20(13-18(2)26(17)38-10-7-6-8-24(33)31-34)27-29-22-14-21(35-4)15-23(36-5)25(22)28(30-27)32-9-11-37-16-19(32)3/h12-15,19,34H,6-11,16H2,1-5H3,(H,31,33)/t19-/m0/s1. The fourth-order valence-corrected chi connectivity index (χ4v) is 4.77. The van der Waals surface area contributed by atoms with Crippen LogP contribution in [0.5, 0.6) is 17.2 Å². The Labute approximate surface area is 222 Å². The second kappa shape index (κ2) is 12.3. The molecule has 204 valence electrons. The normalized spacial score (nSPS) is 15.4. The van der Waals surface area contributed by atoms with Crippen molar-refractivity contribution in [3.05, 3.63) is 35.4 Å². The minimum Gasteiger partial charge on any atom is -0.497 e. The molecule has 1 aliphatic rings. The van der Waals surface area contributed by atoms with E-state index in [-0.39, 0.29) is 12.5 Å². The number of carbonyl (C=O) groups excluding carboxylic acids is 1. The number of anilines is 1. The van der Waals surface area contributed by atoms with Crippen LogP contribution >= 0.6 is 0 Å². The summed E-state index contributed by atoms with van der Waals surface area (Å²) in [6.45, 7) is 8.57. The van der Waals surface area contributed by atoms with Crippen LogP contribution in [0.3, 0.4) is 0 Å². The van der Waals surface area contributed by atoms with Crippen molar-refractivity contribution < 1.29 is 28.9 Å². The van der Waals surface area contributed by atoms with Crippen LogP contribution in [0.4, 0.5) is 5.82 Å². The summed E-state index contributed by atoms with van der Waals surface area (Å²) in [4.78, 5) is 23.4. The molecule has 1 saturated heterocycles. The molecule has 2 heterocycles. The Morgan fingerprint density at radius 3 is 2.55 bits per heavy atom. The van der Waals surface area contributed by atoms with Gasteiger partial charge >= 0.3 is 0 Å². The molecule has 10 nitrogen and oxygen atoms in total. The Balaban J connectivity index is 1.71. The number of nitrogens with zero attached hydrogens (tertiary/aromatic N) is 3. The summed E-state index contributed by atoms with van der Waals surface area (Å²) >= 11 is 0.